The molecule has 2 N–H and O–H groups in total. The van der Waals surface area contributed by atoms with Gasteiger partial charge >= 0.3 is 0 Å². The summed E-state index contributed by atoms with van der Waals surface area (Å²) in [6, 6.07) is 5.95. The first-order valence-corrected chi connectivity index (χ1v) is 9.92. The summed E-state index contributed by atoms with van der Waals surface area (Å²) in [7, 11) is 0. The van der Waals surface area contributed by atoms with Gasteiger partial charge in [0.25, 0.3) is 0 Å². The van der Waals surface area contributed by atoms with Gasteiger partial charge in [-0.1, -0.05) is 5.16 Å². The van der Waals surface area contributed by atoms with E-state index in [4.69, 9.17) is 13.8 Å². The second kappa shape index (κ2) is 8.62. The van der Waals surface area contributed by atoms with Crippen LogP contribution in [-0.4, -0.2) is 33.0 Å². The highest BCUT2D eigenvalue weighted by molar-refractivity contribution is 7.77. The normalized spacial score (nSPS) is 22.8. The first-order valence-electron chi connectivity index (χ1n) is 8.82. The van der Waals surface area contributed by atoms with Crippen LogP contribution in [0.5, 0.6) is 5.75 Å². The van der Waals surface area contributed by atoms with Gasteiger partial charge in [-0.05, 0) is 37.5 Å². The van der Waals surface area contributed by atoms with Crippen LogP contribution < -0.4 is 9.46 Å². The summed E-state index contributed by atoms with van der Waals surface area (Å²) >= 11 is -2.22. The Balaban J connectivity index is 1.67. The molecule has 1 aromatic heterocycles. The lowest BCUT2D eigenvalue weighted by Gasteiger charge is -2.35. The molecule has 1 unspecified atom stereocenters. The summed E-state index contributed by atoms with van der Waals surface area (Å²) in [6.07, 6.45) is -0.498. The van der Waals surface area contributed by atoms with Gasteiger partial charge in [-0.25, -0.2) is 22.1 Å². The van der Waals surface area contributed by atoms with Gasteiger partial charge < -0.3 is 9.26 Å². The van der Waals surface area contributed by atoms with E-state index in [1.807, 2.05) is 0 Å². The van der Waals surface area contributed by atoms with E-state index in [9.17, 15) is 17.4 Å². The highest BCUT2D eigenvalue weighted by atomic mass is 32.2. The number of aromatic nitrogens is 1. The van der Waals surface area contributed by atoms with Crippen LogP contribution in [0.25, 0.3) is 11.3 Å². The lowest BCUT2D eigenvalue weighted by atomic mass is 9.78. The van der Waals surface area contributed by atoms with Crippen LogP contribution in [0.15, 0.2) is 28.8 Å². The van der Waals surface area contributed by atoms with Crippen molar-refractivity contribution in [3.8, 4) is 17.0 Å². The summed E-state index contributed by atoms with van der Waals surface area (Å²) < 4.78 is 74.4. The molecule has 0 amide bonds. The van der Waals surface area contributed by atoms with Gasteiger partial charge in [-0.3, -0.25) is 4.55 Å². The number of hydrogen-bond donors (Lipinski definition) is 2. The Morgan fingerprint density at radius 2 is 2.18 bits per heavy atom. The third-order valence-corrected chi connectivity index (χ3v) is 5.30. The SMILES string of the molecule is Cc1cc(-c2ccc(OC[C@@H]3CC(F)(F)CC[C@@H]3CNS(=O)O)c(F)c2)no1. The Morgan fingerprint density at radius 1 is 1.39 bits per heavy atom. The van der Waals surface area contributed by atoms with Crippen molar-refractivity contribution in [1.82, 2.24) is 9.88 Å². The molecular formula is C18H21F3N2O4S. The number of nitrogens with one attached hydrogen (secondary N) is 1. The van der Waals surface area contributed by atoms with E-state index >= 15 is 0 Å². The molecule has 0 aliphatic heterocycles. The van der Waals surface area contributed by atoms with Gasteiger partial charge in [0.05, 0.1) is 6.61 Å². The number of benzene rings is 1. The Hall–Kier alpha value is -1.91. The third-order valence-electron chi connectivity index (χ3n) is 4.89. The predicted octanol–water partition coefficient (Wildman–Crippen LogP) is 3.95. The number of hydrogen-bond acceptors (Lipinski definition) is 4. The van der Waals surface area contributed by atoms with E-state index < -0.39 is 35.3 Å². The molecule has 1 aromatic carbocycles. The maximum atomic E-state index is 14.4. The Labute approximate surface area is 162 Å². The van der Waals surface area contributed by atoms with E-state index in [1.165, 1.54) is 12.1 Å². The fourth-order valence-corrected chi connectivity index (χ4v) is 3.76. The molecule has 154 valence electrons. The highest BCUT2D eigenvalue weighted by Gasteiger charge is 2.41. The van der Waals surface area contributed by atoms with Crippen molar-refractivity contribution in [3.05, 3.63) is 35.8 Å². The van der Waals surface area contributed by atoms with Crippen LogP contribution in [0.2, 0.25) is 0 Å². The monoisotopic (exact) mass is 418 g/mol. The first kappa shape index (κ1) is 20.8. The molecule has 1 heterocycles. The smallest absolute Gasteiger partial charge is 0.248 e. The molecule has 2 aromatic rings. The van der Waals surface area contributed by atoms with Crippen molar-refractivity contribution in [2.24, 2.45) is 11.8 Å². The third kappa shape index (κ3) is 5.33. The number of alkyl halides is 2. The van der Waals surface area contributed by atoms with E-state index in [2.05, 4.69) is 9.88 Å². The molecule has 6 nitrogen and oxygen atoms in total. The van der Waals surface area contributed by atoms with E-state index in [1.54, 1.807) is 19.1 Å². The molecular weight excluding hydrogens is 397 g/mol. The minimum Gasteiger partial charge on any atom is -0.490 e. The second-order valence-corrected chi connectivity index (χ2v) is 7.78. The van der Waals surface area contributed by atoms with Crippen LogP contribution in [0.3, 0.4) is 0 Å². The molecule has 28 heavy (non-hydrogen) atoms. The topological polar surface area (TPSA) is 84.6 Å². The van der Waals surface area contributed by atoms with Crippen LogP contribution in [0.4, 0.5) is 13.2 Å². The molecule has 3 rings (SSSR count). The molecule has 10 heteroatoms. The van der Waals surface area contributed by atoms with Crippen LogP contribution >= 0.6 is 0 Å². The van der Waals surface area contributed by atoms with E-state index in [-0.39, 0.29) is 37.7 Å². The van der Waals surface area contributed by atoms with Gasteiger partial charge in [0.15, 0.2) is 11.6 Å². The van der Waals surface area contributed by atoms with Gasteiger partial charge in [0.2, 0.25) is 17.2 Å². The lowest BCUT2D eigenvalue weighted by Crippen LogP contribution is -2.40. The summed E-state index contributed by atoms with van der Waals surface area (Å²) in [6.45, 7) is 1.72. The molecule has 1 aliphatic carbocycles. The molecule has 1 fully saturated rings. The zero-order valence-electron chi connectivity index (χ0n) is 15.2. The van der Waals surface area contributed by atoms with Crippen LogP contribution in [0, 0.1) is 24.6 Å². The number of halogens is 3. The minimum atomic E-state index is -2.82. The largest absolute Gasteiger partial charge is 0.490 e. The quantitative estimate of drug-likeness (QED) is 0.666. The van der Waals surface area contributed by atoms with Crippen molar-refractivity contribution >= 4 is 11.3 Å². The fraction of sp³-hybridized carbons (Fsp3) is 0.500. The average Bonchev–Trinajstić information content (AvgIpc) is 3.05. The van der Waals surface area contributed by atoms with Crippen molar-refractivity contribution in [2.75, 3.05) is 13.2 Å². The second-order valence-electron chi connectivity index (χ2n) is 7.00. The number of nitrogens with zero attached hydrogens (tertiary/aromatic N) is 1. The van der Waals surface area contributed by atoms with Crippen LogP contribution in [-0.2, 0) is 11.3 Å². The summed E-state index contributed by atoms with van der Waals surface area (Å²) in [5, 5.41) is 3.82. The summed E-state index contributed by atoms with van der Waals surface area (Å²) in [5.74, 6) is -3.75. The number of aryl methyl sites for hydroxylation is 1. The van der Waals surface area contributed by atoms with Crippen LogP contribution in [0.1, 0.15) is 25.0 Å². The first-order chi connectivity index (χ1) is 13.2. The van der Waals surface area contributed by atoms with Crippen molar-refractivity contribution in [2.45, 2.75) is 32.1 Å². The molecule has 3 atom stereocenters. The summed E-state index contributed by atoms with van der Waals surface area (Å²) in [5.41, 5.74) is 0.997. The van der Waals surface area contributed by atoms with E-state index in [0.717, 1.165) is 0 Å². The van der Waals surface area contributed by atoms with Crippen molar-refractivity contribution in [3.63, 3.8) is 0 Å². The molecule has 0 saturated heterocycles. The maximum Gasteiger partial charge on any atom is 0.248 e. The Kier molecular flexibility index (Phi) is 6.41. The van der Waals surface area contributed by atoms with Crippen molar-refractivity contribution < 1.29 is 31.2 Å². The lowest BCUT2D eigenvalue weighted by molar-refractivity contribution is -0.0758. The fourth-order valence-electron chi connectivity index (χ4n) is 3.40. The van der Waals surface area contributed by atoms with Gasteiger partial charge in [0.1, 0.15) is 11.5 Å². The molecule has 0 bridgehead atoms. The minimum absolute atomic E-state index is 0.0460. The molecule has 1 aliphatic rings. The molecule has 0 spiro atoms. The predicted molar refractivity (Wildman–Crippen MR) is 96.7 cm³/mol. The highest BCUT2D eigenvalue weighted by Crippen LogP contribution is 2.40. The Morgan fingerprint density at radius 3 is 2.82 bits per heavy atom. The molecule has 1 saturated carbocycles. The zero-order chi connectivity index (χ0) is 20.3. The molecule has 0 radical (unpaired) electrons. The van der Waals surface area contributed by atoms with Gasteiger partial charge in [-0.15, -0.1) is 0 Å². The number of rotatable bonds is 7. The van der Waals surface area contributed by atoms with Crippen molar-refractivity contribution in [1.29, 1.82) is 0 Å². The van der Waals surface area contributed by atoms with Gasteiger partial charge in [-0.2, -0.15) is 0 Å². The van der Waals surface area contributed by atoms with Gasteiger partial charge in [0, 0.05) is 36.9 Å². The zero-order valence-corrected chi connectivity index (χ0v) is 16.0. The standard InChI is InChI=1S/C18H21F3N2O4S/c1-11-6-16(23-27-11)12-2-3-17(15(19)7-12)26-10-14-8-18(20,21)5-4-13(14)9-22-28(24)25/h2-3,6-7,13-14,22H,4-5,8-10H2,1H3,(H,24,25)/t13-,14+/m1/s1. The summed E-state index contributed by atoms with van der Waals surface area (Å²) in [4.78, 5) is 0. The number of ether oxygens (including phenoxy) is 1. The Bertz CT molecular complexity index is 846. The average molecular weight is 418 g/mol. The maximum absolute atomic E-state index is 14.4. The van der Waals surface area contributed by atoms with E-state index in [0.29, 0.717) is 17.0 Å².